The van der Waals surface area contributed by atoms with Crippen LogP contribution in [0, 0.1) is 22.2 Å². The van der Waals surface area contributed by atoms with Gasteiger partial charge in [0.2, 0.25) is 5.91 Å². The quantitative estimate of drug-likeness (QED) is 0.362. The first kappa shape index (κ1) is 26.1. The Labute approximate surface area is 205 Å². The molecule has 1 aliphatic carbocycles. The number of carbonyl (C=O) groups is 1. The molecule has 0 aromatic heterocycles. The molecule has 0 radical (unpaired) electrons. The maximum atomic E-state index is 11.2. The number of anilines is 1. The second kappa shape index (κ2) is 10.4. The summed E-state index contributed by atoms with van der Waals surface area (Å²) in [5.41, 5.74) is 10.9. The van der Waals surface area contributed by atoms with Gasteiger partial charge in [-0.1, -0.05) is 32.9 Å². The van der Waals surface area contributed by atoms with Crippen LogP contribution in [0.4, 0.5) is 5.69 Å². The van der Waals surface area contributed by atoms with Gasteiger partial charge in [0.25, 0.3) is 0 Å². The molecule has 1 saturated heterocycles. The van der Waals surface area contributed by atoms with E-state index in [-0.39, 0.29) is 5.91 Å². The molecule has 1 aromatic rings. The zero-order chi connectivity index (χ0) is 25.1. The molecule has 34 heavy (non-hydrogen) atoms. The predicted octanol–water partition coefficient (Wildman–Crippen LogP) is 5.24. The van der Waals surface area contributed by atoms with Crippen molar-refractivity contribution in [2.45, 2.75) is 67.2 Å². The standard InChI is InChI=1S/C28H43N5O/c1-19(25(29)22-7-9-24(10-8-22)32-21(3)34)20(2)26(30)31-18-23-17-28(23)12-15-33(16-13-28)14-11-27(4,5)6/h7-10,23,29H,11-18H2,1-6H3,(H2,30,31)(H,32,34)/b20-19-,29-25?. The Morgan fingerprint density at radius 2 is 1.76 bits per heavy atom. The van der Waals surface area contributed by atoms with Gasteiger partial charge in [-0.15, -0.1) is 0 Å². The Hall–Kier alpha value is -2.47. The van der Waals surface area contributed by atoms with Crippen LogP contribution in [0.3, 0.4) is 0 Å². The summed E-state index contributed by atoms with van der Waals surface area (Å²) in [5, 5.41) is 11.3. The third kappa shape index (κ3) is 6.78. The summed E-state index contributed by atoms with van der Waals surface area (Å²) in [6, 6.07) is 7.32. The van der Waals surface area contributed by atoms with Gasteiger partial charge in [0.1, 0.15) is 5.84 Å². The largest absolute Gasteiger partial charge is 0.384 e. The number of allylic oxidation sites excluding steroid dienone is 1. The smallest absolute Gasteiger partial charge is 0.221 e. The molecule has 2 fully saturated rings. The highest BCUT2D eigenvalue weighted by Crippen LogP contribution is 2.59. The van der Waals surface area contributed by atoms with Gasteiger partial charge in [0, 0.05) is 19.2 Å². The Morgan fingerprint density at radius 1 is 1.15 bits per heavy atom. The number of amides is 1. The lowest BCUT2D eigenvalue weighted by Crippen LogP contribution is -2.37. The van der Waals surface area contributed by atoms with Crippen LogP contribution < -0.4 is 11.1 Å². The van der Waals surface area contributed by atoms with Crippen molar-refractivity contribution in [1.29, 1.82) is 5.41 Å². The average Bonchev–Trinajstić information content (AvgIpc) is 3.46. The lowest BCUT2D eigenvalue weighted by atomic mass is 9.88. The minimum atomic E-state index is -0.109. The van der Waals surface area contributed by atoms with Crippen LogP contribution in [0.1, 0.15) is 72.8 Å². The van der Waals surface area contributed by atoms with Crippen molar-refractivity contribution in [3.8, 4) is 0 Å². The van der Waals surface area contributed by atoms with E-state index in [1.807, 2.05) is 38.1 Å². The van der Waals surface area contributed by atoms with Crippen LogP contribution in [-0.4, -0.2) is 48.5 Å². The summed E-state index contributed by atoms with van der Waals surface area (Å²) >= 11 is 0. The zero-order valence-corrected chi connectivity index (χ0v) is 21.9. The van der Waals surface area contributed by atoms with Crippen molar-refractivity contribution in [2.24, 2.45) is 27.5 Å². The molecule has 1 atom stereocenters. The van der Waals surface area contributed by atoms with Crippen molar-refractivity contribution >= 4 is 23.1 Å². The minimum Gasteiger partial charge on any atom is -0.384 e. The van der Waals surface area contributed by atoms with Crippen molar-refractivity contribution in [3.05, 3.63) is 41.0 Å². The van der Waals surface area contributed by atoms with Gasteiger partial charge >= 0.3 is 0 Å². The summed E-state index contributed by atoms with van der Waals surface area (Å²) in [5.74, 6) is 1.08. The normalized spacial score (nSPS) is 21.2. The predicted molar refractivity (Wildman–Crippen MR) is 143 cm³/mol. The van der Waals surface area contributed by atoms with Crippen LogP contribution in [0.2, 0.25) is 0 Å². The molecule has 1 spiro atoms. The number of rotatable bonds is 8. The van der Waals surface area contributed by atoms with E-state index in [4.69, 9.17) is 16.1 Å². The van der Waals surface area contributed by atoms with E-state index in [1.165, 1.54) is 52.2 Å². The molecule has 3 rings (SSSR count). The first-order valence-corrected chi connectivity index (χ1v) is 12.6. The second-order valence-corrected chi connectivity index (χ2v) is 11.5. The number of nitrogens with zero attached hydrogens (tertiary/aromatic N) is 2. The Bertz CT molecular complexity index is 960. The summed E-state index contributed by atoms with van der Waals surface area (Å²) < 4.78 is 0. The van der Waals surface area contributed by atoms with Crippen molar-refractivity contribution in [3.63, 3.8) is 0 Å². The maximum Gasteiger partial charge on any atom is 0.221 e. The van der Waals surface area contributed by atoms with Gasteiger partial charge in [-0.25, -0.2) is 0 Å². The van der Waals surface area contributed by atoms with Crippen LogP contribution in [0.5, 0.6) is 0 Å². The van der Waals surface area contributed by atoms with E-state index < -0.39 is 0 Å². The fraction of sp³-hybridized carbons (Fsp3) is 0.607. The monoisotopic (exact) mass is 465 g/mol. The number of nitrogens with two attached hydrogens (primary N) is 1. The molecule has 1 amide bonds. The summed E-state index contributed by atoms with van der Waals surface area (Å²) in [6.07, 6.45) is 5.09. The molecule has 6 heteroatoms. The van der Waals surface area contributed by atoms with Gasteiger partial charge in [-0.05, 0) is 105 Å². The van der Waals surface area contributed by atoms with Crippen LogP contribution >= 0.6 is 0 Å². The fourth-order valence-electron chi connectivity index (χ4n) is 4.86. The molecule has 2 aliphatic rings. The molecule has 0 bridgehead atoms. The maximum absolute atomic E-state index is 11.2. The van der Waals surface area contributed by atoms with Crippen LogP contribution in [0.25, 0.3) is 0 Å². The lowest BCUT2D eigenvalue weighted by Gasteiger charge is -2.34. The third-order valence-corrected chi connectivity index (χ3v) is 7.69. The average molecular weight is 466 g/mol. The van der Waals surface area contributed by atoms with Crippen molar-refractivity contribution < 1.29 is 4.79 Å². The van der Waals surface area contributed by atoms with E-state index in [1.54, 1.807) is 0 Å². The number of hydrogen-bond acceptors (Lipinski definition) is 4. The molecular formula is C28H43N5O. The number of piperidine rings is 1. The minimum absolute atomic E-state index is 0.109. The SMILES string of the molecule is CC(=O)Nc1ccc(C(=N)/C(C)=C(/C)C(N)=NCC2CC23CCN(CCC(C)(C)C)CC3)cc1. The molecule has 1 heterocycles. The summed E-state index contributed by atoms with van der Waals surface area (Å²) in [7, 11) is 0. The topological polar surface area (TPSA) is 94.6 Å². The van der Waals surface area contributed by atoms with E-state index in [0.717, 1.165) is 28.9 Å². The first-order valence-electron chi connectivity index (χ1n) is 12.6. The van der Waals surface area contributed by atoms with E-state index in [2.05, 4.69) is 31.0 Å². The summed E-state index contributed by atoms with van der Waals surface area (Å²) in [4.78, 5) is 18.6. The molecule has 186 valence electrons. The number of benzene rings is 1. The van der Waals surface area contributed by atoms with Crippen LogP contribution in [-0.2, 0) is 4.79 Å². The Kier molecular flexibility index (Phi) is 8.02. The van der Waals surface area contributed by atoms with Gasteiger partial charge < -0.3 is 16.0 Å². The molecule has 1 unspecified atom stereocenters. The highest BCUT2D eigenvalue weighted by atomic mass is 16.1. The van der Waals surface area contributed by atoms with Gasteiger partial charge in [-0.2, -0.15) is 0 Å². The van der Waals surface area contributed by atoms with Gasteiger partial charge in [0.05, 0.1) is 5.71 Å². The second-order valence-electron chi connectivity index (χ2n) is 11.5. The molecule has 1 aliphatic heterocycles. The third-order valence-electron chi connectivity index (χ3n) is 7.69. The number of nitrogens with one attached hydrogen (secondary N) is 2. The highest BCUT2D eigenvalue weighted by Gasteiger charge is 2.54. The number of likely N-dealkylation sites (tertiary alicyclic amines) is 1. The molecule has 4 N–H and O–H groups in total. The molecule has 1 saturated carbocycles. The summed E-state index contributed by atoms with van der Waals surface area (Å²) in [6.45, 7) is 16.7. The van der Waals surface area contributed by atoms with Crippen molar-refractivity contribution in [1.82, 2.24) is 4.90 Å². The fourth-order valence-corrected chi connectivity index (χ4v) is 4.86. The van der Waals surface area contributed by atoms with Gasteiger partial charge in [0.15, 0.2) is 0 Å². The van der Waals surface area contributed by atoms with E-state index >= 15 is 0 Å². The number of hydrogen-bond donors (Lipinski definition) is 3. The molecular weight excluding hydrogens is 422 g/mol. The first-order chi connectivity index (χ1) is 15.9. The van der Waals surface area contributed by atoms with Crippen molar-refractivity contribution in [2.75, 3.05) is 31.5 Å². The zero-order valence-electron chi connectivity index (χ0n) is 21.9. The molecule has 1 aromatic carbocycles. The molecule has 6 nitrogen and oxygen atoms in total. The number of aliphatic imine (C=N–C) groups is 1. The Morgan fingerprint density at radius 3 is 2.32 bits per heavy atom. The van der Waals surface area contributed by atoms with E-state index in [9.17, 15) is 4.79 Å². The highest BCUT2D eigenvalue weighted by molar-refractivity contribution is 6.15. The van der Waals surface area contributed by atoms with E-state index in [0.29, 0.717) is 28.3 Å². The Balaban J connectivity index is 1.53. The number of amidine groups is 1. The lowest BCUT2D eigenvalue weighted by molar-refractivity contribution is -0.114. The van der Waals surface area contributed by atoms with Gasteiger partial charge in [-0.3, -0.25) is 15.2 Å². The van der Waals surface area contributed by atoms with Crippen LogP contribution in [0.15, 0.2) is 40.4 Å². The number of carbonyl (C=O) groups excluding carboxylic acids is 1.